The molecule has 6 nitrogen and oxygen atoms in total. The van der Waals surface area contributed by atoms with Crippen molar-refractivity contribution in [2.75, 3.05) is 13.2 Å². The number of benzene rings is 2. The number of hydrogen-bond acceptors (Lipinski definition) is 5. The van der Waals surface area contributed by atoms with Gasteiger partial charge in [0.2, 0.25) is 0 Å². The van der Waals surface area contributed by atoms with Crippen molar-refractivity contribution < 1.29 is 14.3 Å². The average Bonchev–Trinajstić information content (AvgIpc) is 3.43. The van der Waals surface area contributed by atoms with Crippen LogP contribution >= 0.6 is 0 Å². The highest BCUT2D eigenvalue weighted by Gasteiger charge is 2.10. The molecule has 0 saturated heterocycles. The SMILES string of the molecule is Cc1ccc(COCCO)cc1Cc1ncc(-c2ccc(-n3cccn3)cc2)o1. The lowest BCUT2D eigenvalue weighted by atomic mass is 10.0. The molecule has 1 N–H and O–H groups in total. The van der Waals surface area contributed by atoms with E-state index in [-0.39, 0.29) is 6.61 Å². The van der Waals surface area contributed by atoms with Crippen molar-refractivity contribution >= 4 is 0 Å². The van der Waals surface area contributed by atoms with Crippen LogP contribution in [-0.4, -0.2) is 33.1 Å². The predicted molar refractivity (Wildman–Crippen MR) is 110 cm³/mol. The molecule has 0 aliphatic heterocycles. The van der Waals surface area contributed by atoms with Gasteiger partial charge >= 0.3 is 0 Å². The largest absolute Gasteiger partial charge is 0.440 e. The van der Waals surface area contributed by atoms with Crippen LogP contribution in [0, 0.1) is 6.92 Å². The molecule has 0 unspecified atom stereocenters. The molecule has 4 aromatic rings. The number of aryl methyl sites for hydroxylation is 1. The smallest absolute Gasteiger partial charge is 0.199 e. The topological polar surface area (TPSA) is 73.3 Å². The van der Waals surface area contributed by atoms with Gasteiger partial charge in [0.15, 0.2) is 11.7 Å². The van der Waals surface area contributed by atoms with Gasteiger partial charge in [0.25, 0.3) is 0 Å². The van der Waals surface area contributed by atoms with Gasteiger partial charge < -0.3 is 14.3 Å². The number of hydrogen-bond donors (Lipinski definition) is 1. The number of rotatable bonds is 8. The van der Waals surface area contributed by atoms with Gasteiger partial charge in [-0.2, -0.15) is 5.10 Å². The fraction of sp³-hybridized carbons (Fsp3) is 0.217. The number of aliphatic hydroxyl groups is 1. The molecule has 148 valence electrons. The Bertz CT molecular complexity index is 1050. The Morgan fingerprint density at radius 1 is 1.14 bits per heavy atom. The summed E-state index contributed by atoms with van der Waals surface area (Å²) in [6, 6.07) is 16.1. The third kappa shape index (κ3) is 4.62. The molecular formula is C23H23N3O3. The monoisotopic (exact) mass is 389 g/mol. The van der Waals surface area contributed by atoms with E-state index in [2.05, 4.69) is 29.1 Å². The first-order valence-electron chi connectivity index (χ1n) is 9.55. The van der Waals surface area contributed by atoms with Crippen molar-refractivity contribution in [3.63, 3.8) is 0 Å². The summed E-state index contributed by atoms with van der Waals surface area (Å²) in [6.07, 6.45) is 6.05. The zero-order chi connectivity index (χ0) is 20.1. The van der Waals surface area contributed by atoms with E-state index in [1.54, 1.807) is 12.4 Å². The van der Waals surface area contributed by atoms with Crippen LogP contribution in [0.25, 0.3) is 17.0 Å². The third-order valence-electron chi connectivity index (χ3n) is 4.73. The fourth-order valence-electron chi connectivity index (χ4n) is 3.15. The van der Waals surface area contributed by atoms with Crippen LogP contribution in [0.15, 0.2) is 71.5 Å². The Kier molecular flexibility index (Phi) is 5.84. The zero-order valence-electron chi connectivity index (χ0n) is 16.3. The Labute approximate surface area is 169 Å². The van der Waals surface area contributed by atoms with E-state index in [9.17, 15) is 0 Å². The molecule has 0 radical (unpaired) electrons. The highest BCUT2D eigenvalue weighted by molar-refractivity contribution is 5.58. The minimum atomic E-state index is 0.0285. The first-order valence-corrected chi connectivity index (χ1v) is 9.55. The van der Waals surface area contributed by atoms with Crippen molar-refractivity contribution in [1.29, 1.82) is 0 Å². The van der Waals surface area contributed by atoms with Crippen LogP contribution < -0.4 is 0 Å². The number of aliphatic hydroxyl groups excluding tert-OH is 1. The average molecular weight is 389 g/mol. The molecule has 0 bridgehead atoms. The molecule has 0 saturated carbocycles. The Morgan fingerprint density at radius 3 is 2.76 bits per heavy atom. The second-order valence-electron chi connectivity index (χ2n) is 6.83. The van der Waals surface area contributed by atoms with Gasteiger partial charge in [0.05, 0.1) is 31.7 Å². The fourth-order valence-corrected chi connectivity index (χ4v) is 3.15. The van der Waals surface area contributed by atoms with E-state index < -0.39 is 0 Å². The molecule has 2 aromatic carbocycles. The number of aromatic nitrogens is 3. The van der Waals surface area contributed by atoms with E-state index in [1.807, 2.05) is 47.3 Å². The third-order valence-corrected chi connectivity index (χ3v) is 4.73. The Hall–Kier alpha value is -3.22. The number of nitrogens with zero attached hydrogens (tertiary/aromatic N) is 3. The number of oxazole rings is 1. The van der Waals surface area contributed by atoms with Crippen LogP contribution in [0.2, 0.25) is 0 Å². The second-order valence-corrected chi connectivity index (χ2v) is 6.83. The maximum absolute atomic E-state index is 8.85. The maximum Gasteiger partial charge on any atom is 0.199 e. The first-order chi connectivity index (χ1) is 14.2. The van der Waals surface area contributed by atoms with Crippen LogP contribution in [0.1, 0.15) is 22.6 Å². The van der Waals surface area contributed by atoms with Crippen LogP contribution in [0.5, 0.6) is 0 Å². The highest BCUT2D eigenvalue weighted by Crippen LogP contribution is 2.24. The van der Waals surface area contributed by atoms with Crippen molar-refractivity contribution in [2.24, 2.45) is 0 Å². The summed E-state index contributed by atoms with van der Waals surface area (Å²) in [6.45, 7) is 2.92. The first kappa shape index (κ1) is 19.1. The standard InChI is InChI=1S/C23H23N3O3/c1-17-3-4-18(16-28-12-11-27)13-20(17)14-23-24-15-22(29-23)19-5-7-21(8-6-19)26-10-2-9-25-26/h2-10,13,15,27H,11-12,14,16H2,1H3. The van der Waals surface area contributed by atoms with E-state index >= 15 is 0 Å². The van der Waals surface area contributed by atoms with Gasteiger partial charge in [-0.05, 0) is 53.9 Å². The normalized spacial score (nSPS) is 11.1. The molecule has 0 aliphatic carbocycles. The maximum atomic E-state index is 8.85. The van der Waals surface area contributed by atoms with Gasteiger partial charge in [-0.25, -0.2) is 9.67 Å². The van der Waals surface area contributed by atoms with E-state index in [0.29, 0.717) is 25.5 Å². The lowest BCUT2D eigenvalue weighted by Gasteiger charge is -2.08. The van der Waals surface area contributed by atoms with Gasteiger partial charge in [0.1, 0.15) is 0 Å². The van der Waals surface area contributed by atoms with Gasteiger partial charge in [0, 0.05) is 24.4 Å². The summed E-state index contributed by atoms with van der Waals surface area (Å²) in [5.74, 6) is 1.42. The Balaban J connectivity index is 1.47. The molecule has 4 rings (SSSR count). The minimum Gasteiger partial charge on any atom is -0.440 e. The summed E-state index contributed by atoms with van der Waals surface area (Å²) in [5, 5.41) is 13.1. The molecular weight excluding hydrogens is 366 g/mol. The van der Waals surface area contributed by atoms with E-state index in [4.69, 9.17) is 14.3 Å². The van der Waals surface area contributed by atoms with Gasteiger partial charge in [-0.3, -0.25) is 0 Å². The number of ether oxygens (including phenoxy) is 1. The summed E-state index contributed by atoms with van der Waals surface area (Å²) < 4.78 is 13.2. The van der Waals surface area contributed by atoms with Crippen molar-refractivity contribution in [1.82, 2.24) is 14.8 Å². The molecule has 0 amide bonds. The highest BCUT2D eigenvalue weighted by atomic mass is 16.5. The molecule has 2 aromatic heterocycles. The van der Waals surface area contributed by atoms with E-state index in [1.165, 1.54) is 5.56 Å². The summed E-state index contributed by atoms with van der Waals surface area (Å²) in [4.78, 5) is 4.46. The lowest BCUT2D eigenvalue weighted by Crippen LogP contribution is -2.01. The van der Waals surface area contributed by atoms with Crippen LogP contribution in [0.4, 0.5) is 0 Å². The van der Waals surface area contributed by atoms with Crippen molar-refractivity contribution in [2.45, 2.75) is 20.0 Å². The quantitative estimate of drug-likeness (QED) is 0.462. The molecule has 0 atom stereocenters. The predicted octanol–water partition coefficient (Wildman–Crippen LogP) is 3.94. The summed E-state index contributed by atoms with van der Waals surface area (Å²) in [7, 11) is 0. The summed E-state index contributed by atoms with van der Waals surface area (Å²) >= 11 is 0. The lowest BCUT2D eigenvalue weighted by molar-refractivity contribution is 0.0815. The minimum absolute atomic E-state index is 0.0285. The molecule has 29 heavy (non-hydrogen) atoms. The van der Waals surface area contributed by atoms with Gasteiger partial charge in [-0.15, -0.1) is 0 Å². The molecule has 0 fully saturated rings. The van der Waals surface area contributed by atoms with Crippen molar-refractivity contribution in [3.8, 4) is 17.0 Å². The molecule has 2 heterocycles. The second kappa shape index (κ2) is 8.86. The molecule has 0 spiro atoms. The Morgan fingerprint density at radius 2 is 2.00 bits per heavy atom. The van der Waals surface area contributed by atoms with E-state index in [0.717, 1.165) is 28.1 Å². The van der Waals surface area contributed by atoms with Crippen molar-refractivity contribution in [3.05, 3.63) is 89.7 Å². The molecule has 0 aliphatic rings. The molecule has 6 heteroatoms. The summed E-state index contributed by atoms with van der Waals surface area (Å²) in [5.41, 5.74) is 5.37. The van der Waals surface area contributed by atoms with Gasteiger partial charge in [-0.1, -0.05) is 18.2 Å². The van der Waals surface area contributed by atoms with Crippen LogP contribution in [0.3, 0.4) is 0 Å². The zero-order valence-corrected chi connectivity index (χ0v) is 16.3. The van der Waals surface area contributed by atoms with Crippen LogP contribution in [-0.2, 0) is 17.8 Å².